The fraction of sp³-hybridized carbons (Fsp3) is 0.571. The van der Waals surface area contributed by atoms with Gasteiger partial charge in [0, 0.05) is 16.8 Å². The van der Waals surface area contributed by atoms with Gasteiger partial charge in [-0.3, -0.25) is 0 Å². The van der Waals surface area contributed by atoms with E-state index in [4.69, 9.17) is 11.6 Å². The zero-order valence-electron chi connectivity index (χ0n) is 11.0. The van der Waals surface area contributed by atoms with Gasteiger partial charge >= 0.3 is 0 Å². The Bertz CT molecular complexity index is 387. The first-order chi connectivity index (χ1) is 8.49. The van der Waals surface area contributed by atoms with Gasteiger partial charge in [-0.1, -0.05) is 11.6 Å². The van der Waals surface area contributed by atoms with E-state index in [1.54, 1.807) is 0 Å². The first-order valence-corrected chi connectivity index (χ1v) is 9.37. The maximum Gasteiger partial charge on any atom is 0.0771 e. The molecule has 1 saturated heterocycles. The van der Waals surface area contributed by atoms with Crippen LogP contribution < -0.4 is 5.32 Å². The average molecular weight is 288 g/mol. The molecule has 1 aliphatic heterocycles. The highest BCUT2D eigenvalue weighted by molar-refractivity contribution is 8.32. The van der Waals surface area contributed by atoms with Crippen LogP contribution in [0.5, 0.6) is 0 Å². The lowest BCUT2D eigenvalue weighted by molar-refractivity contribution is 0.158. The summed E-state index contributed by atoms with van der Waals surface area (Å²) in [6.07, 6.45) is 6.55. The monoisotopic (exact) mass is 287 g/mol. The van der Waals surface area contributed by atoms with Gasteiger partial charge in [0.1, 0.15) is 0 Å². The molecular weight excluding hydrogens is 266 g/mol. The minimum absolute atomic E-state index is 0.242. The van der Waals surface area contributed by atoms with Crippen LogP contribution in [0, 0.1) is 0 Å². The Morgan fingerprint density at radius 1 is 1.39 bits per heavy atom. The van der Waals surface area contributed by atoms with Gasteiger partial charge in [0.25, 0.3) is 0 Å². The molecule has 18 heavy (non-hydrogen) atoms. The van der Waals surface area contributed by atoms with E-state index in [0.29, 0.717) is 0 Å². The van der Waals surface area contributed by atoms with Gasteiger partial charge in [-0.2, -0.15) is 0 Å². The molecule has 1 aliphatic rings. The molecule has 2 N–H and O–H groups in total. The number of hydrogen-bond acceptors (Lipinski definition) is 2. The van der Waals surface area contributed by atoms with Crippen LogP contribution in [0.3, 0.4) is 0 Å². The predicted octanol–water partition coefficient (Wildman–Crippen LogP) is 2.88. The van der Waals surface area contributed by atoms with E-state index in [1.165, 1.54) is 11.3 Å². The minimum Gasteiger partial charge on any atom is -0.391 e. The van der Waals surface area contributed by atoms with Gasteiger partial charge < -0.3 is 10.4 Å². The molecular formula is C14H22ClNOS. The number of benzene rings is 1. The molecule has 0 bridgehead atoms. The Hall–Kier alpha value is -0.220. The summed E-state index contributed by atoms with van der Waals surface area (Å²) < 4.78 is 0. The Kier molecular flexibility index (Phi) is 4.59. The van der Waals surface area contributed by atoms with E-state index >= 15 is 0 Å². The summed E-state index contributed by atoms with van der Waals surface area (Å²) in [5.74, 6) is 0.853. The fourth-order valence-corrected chi connectivity index (χ4v) is 4.76. The number of aliphatic hydroxyl groups is 1. The third kappa shape index (κ3) is 3.41. The van der Waals surface area contributed by atoms with Crippen molar-refractivity contribution in [1.29, 1.82) is 0 Å². The summed E-state index contributed by atoms with van der Waals surface area (Å²) in [5, 5.41) is 14.5. The van der Waals surface area contributed by atoms with E-state index in [2.05, 4.69) is 30.0 Å². The van der Waals surface area contributed by atoms with Gasteiger partial charge in [-0.25, -0.2) is 10.0 Å². The number of aliphatic hydroxyl groups excluding tert-OH is 1. The van der Waals surface area contributed by atoms with Crippen molar-refractivity contribution in [2.75, 3.05) is 24.8 Å². The van der Waals surface area contributed by atoms with Gasteiger partial charge in [0.05, 0.1) is 6.10 Å². The number of halogens is 1. The highest BCUT2D eigenvalue weighted by Gasteiger charge is 2.27. The second kappa shape index (κ2) is 5.83. The molecule has 1 aromatic carbocycles. The molecule has 2 atom stereocenters. The molecule has 2 nitrogen and oxygen atoms in total. The smallest absolute Gasteiger partial charge is 0.0771 e. The van der Waals surface area contributed by atoms with Crippen molar-refractivity contribution in [2.45, 2.75) is 29.9 Å². The first-order valence-electron chi connectivity index (χ1n) is 6.37. The number of hydrogen-bond donors (Lipinski definition) is 2. The molecule has 102 valence electrons. The van der Waals surface area contributed by atoms with E-state index < -0.39 is 10.0 Å². The lowest BCUT2D eigenvalue weighted by Crippen LogP contribution is -2.38. The lowest BCUT2D eigenvalue weighted by atomic mass is 10.1. The van der Waals surface area contributed by atoms with Crippen molar-refractivity contribution in [3.05, 3.63) is 29.3 Å². The molecule has 1 fully saturated rings. The molecule has 0 aliphatic carbocycles. The number of rotatable bonds is 4. The van der Waals surface area contributed by atoms with Crippen molar-refractivity contribution >= 4 is 21.6 Å². The lowest BCUT2D eigenvalue weighted by Gasteiger charge is -2.35. The first kappa shape index (κ1) is 14.2. The van der Waals surface area contributed by atoms with Gasteiger partial charge in [-0.05, 0) is 61.1 Å². The summed E-state index contributed by atoms with van der Waals surface area (Å²) in [6, 6.07) is 8.33. The zero-order valence-corrected chi connectivity index (χ0v) is 12.6. The van der Waals surface area contributed by atoms with Crippen LogP contribution >= 0.6 is 21.6 Å². The summed E-state index contributed by atoms with van der Waals surface area (Å²) in [7, 11) is -0.962. The fourth-order valence-electron chi connectivity index (χ4n) is 2.48. The molecule has 1 heterocycles. The highest BCUT2D eigenvalue weighted by atomic mass is 35.5. The maximum atomic E-state index is 10.3. The second-order valence-corrected chi connectivity index (χ2v) is 9.75. The van der Waals surface area contributed by atoms with Crippen LogP contribution in [0.2, 0.25) is 5.02 Å². The quantitative estimate of drug-likeness (QED) is 0.892. The van der Waals surface area contributed by atoms with Crippen molar-refractivity contribution < 1.29 is 5.11 Å². The topological polar surface area (TPSA) is 32.3 Å². The molecule has 0 radical (unpaired) electrons. The van der Waals surface area contributed by atoms with Crippen LogP contribution in [0.4, 0.5) is 0 Å². The van der Waals surface area contributed by atoms with Crippen molar-refractivity contribution in [3.8, 4) is 0 Å². The summed E-state index contributed by atoms with van der Waals surface area (Å²) in [4.78, 5) is 1.31. The van der Waals surface area contributed by atoms with Crippen molar-refractivity contribution in [2.24, 2.45) is 0 Å². The second-order valence-electron chi connectivity index (χ2n) is 5.43. The average Bonchev–Trinajstić information content (AvgIpc) is 2.82. The third-order valence-corrected chi connectivity index (χ3v) is 6.58. The molecule has 0 spiro atoms. The van der Waals surface area contributed by atoms with E-state index in [9.17, 15) is 5.11 Å². The zero-order chi connectivity index (χ0) is 13.2. The molecule has 0 saturated carbocycles. The summed E-state index contributed by atoms with van der Waals surface area (Å²) >= 11 is 5.92. The van der Waals surface area contributed by atoms with E-state index in [-0.39, 0.29) is 12.1 Å². The van der Waals surface area contributed by atoms with Crippen molar-refractivity contribution in [3.63, 3.8) is 0 Å². The van der Waals surface area contributed by atoms with E-state index in [0.717, 1.165) is 23.7 Å². The predicted molar refractivity (Wildman–Crippen MR) is 81.1 cm³/mol. The van der Waals surface area contributed by atoms with Crippen LogP contribution in [0.1, 0.15) is 12.8 Å². The summed E-state index contributed by atoms with van der Waals surface area (Å²) in [6.45, 7) is 1.04. The van der Waals surface area contributed by atoms with E-state index in [1.807, 2.05) is 12.1 Å². The Balaban J connectivity index is 2.03. The van der Waals surface area contributed by atoms with Crippen LogP contribution in [0.15, 0.2) is 29.2 Å². The van der Waals surface area contributed by atoms with Crippen molar-refractivity contribution in [1.82, 2.24) is 5.32 Å². The molecule has 0 amide bonds. The van der Waals surface area contributed by atoms with Crippen LogP contribution in [-0.2, 0) is 0 Å². The standard InChI is InChI=1S/C14H22ClNOS/c1-18(2,12-7-5-11(15)6-8-12)10-14(17)13-4-3-9-16-13/h5-8,13-14,16-17H,3-4,9-10H2,1-2H3/t13-,14+/m0/s1. The number of nitrogens with one attached hydrogen (secondary N) is 1. The normalized spacial score (nSPS) is 23.0. The maximum absolute atomic E-state index is 10.3. The van der Waals surface area contributed by atoms with Crippen LogP contribution in [0.25, 0.3) is 0 Å². The van der Waals surface area contributed by atoms with Crippen LogP contribution in [-0.4, -0.2) is 42.1 Å². The Morgan fingerprint density at radius 2 is 2.06 bits per heavy atom. The molecule has 1 aromatic rings. The third-order valence-electron chi connectivity index (χ3n) is 3.60. The molecule has 0 aromatic heterocycles. The van der Waals surface area contributed by atoms with Gasteiger partial charge in [0.15, 0.2) is 0 Å². The summed E-state index contributed by atoms with van der Waals surface area (Å²) in [5.41, 5.74) is 0. The minimum atomic E-state index is -0.962. The van der Waals surface area contributed by atoms with Gasteiger partial charge in [-0.15, -0.1) is 0 Å². The Morgan fingerprint density at radius 3 is 2.61 bits per heavy atom. The highest BCUT2D eigenvalue weighted by Crippen LogP contribution is 2.50. The molecule has 2 rings (SSSR count). The molecule has 0 unspecified atom stereocenters. The SMILES string of the molecule is CS(C)(C[C@@H](O)[C@@H]1CCCN1)c1ccc(Cl)cc1. The Labute approximate surface area is 116 Å². The largest absolute Gasteiger partial charge is 0.391 e. The van der Waals surface area contributed by atoms with Gasteiger partial charge in [0.2, 0.25) is 0 Å². The molecule has 4 heteroatoms.